The number of benzene rings is 1. The lowest BCUT2D eigenvalue weighted by molar-refractivity contribution is 0.242. The third-order valence-electron chi connectivity index (χ3n) is 5.66. The van der Waals surface area contributed by atoms with E-state index in [-0.39, 0.29) is 5.56 Å². The number of pyridine rings is 1. The van der Waals surface area contributed by atoms with Gasteiger partial charge in [0.15, 0.2) is 0 Å². The largest absolute Gasteiger partial charge is 0.353 e. The molecule has 8 heteroatoms. The van der Waals surface area contributed by atoms with Gasteiger partial charge in [-0.15, -0.1) is 0 Å². The summed E-state index contributed by atoms with van der Waals surface area (Å²) in [7, 11) is 0. The zero-order chi connectivity index (χ0) is 21.0. The number of hydrogen-bond donors (Lipinski definition) is 0. The Hall–Kier alpha value is -3.65. The lowest BCUT2D eigenvalue weighted by Gasteiger charge is -2.35. The van der Waals surface area contributed by atoms with Crippen molar-refractivity contribution in [3.05, 3.63) is 77.6 Å². The third-order valence-corrected chi connectivity index (χ3v) is 5.66. The summed E-state index contributed by atoms with van der Waals surface area (Å²) in [5, 5.41) is 5.63. The van der Waals surface area contributed by atoms with Crippen molar-refractivity contribution in [2.75, 3.05) is 37.6 Å². The van der Waals surface area contributed by atoms with Crippen LogP contribution in [0.15, 0.2) is 72.0 Å². The number of anilines is 1. The van der Waals surface area contributed by atoms with Gasteiger partial charge in [0.1, 0.15) is 12.1 Å². The van der Waals surface area contributed by atoms with Crippen molar-refractivity contribution in [1.82, 2.24) is 29.6 Å². The van der Waals surface area contributed by atoms with E-state index in [0.717, 1.165) is 60.7 Å². The topological polar surface area (TPSA) is 80.0 Å². The fourth-order valence-electron chi connectivity index (χ4n) is 3.95. The molecule has 1 aliphatic heterocycles. The SMILES string of the molecule is O=c1ccc(-c2ccncc2)nn1CCN1CCN(c2ncnc3ccccc23)CC1. The average molecular weight is 413 g/mol. The highest BCUT2D eigenvalue weighted by Crippen LogP contribution is 2.23. The van der Waals surface area contributed by atoms with Crippen LogP contribution < -0.4 is 10.5 Å². The van der Waals surface area contributed by atoms with Crippen LogP contribution >= 0.6 is 0 Å². The van der Waals surface area contributed by atoms with Crippen LogP contribution in [0.25, 0.3) is 22.2 Å². The van der Waals surface area contributed by atoms with Crippen molar-refractivity contribution in [2.45, 2.75) is 6.54 Å². The fraction of sp³-hybridized carbons (Fsp3) is 0.261. The number of rotatable bonds is 5. The molecule has 0 N–H and O–H groups in total. The molecule has 1 saturated heterocycles. The quantitative estimate of drug-likeness (QED) is 0.495. The molecule has 1 aromatic carbocycles. The molecule has 0 spiro atoms. The molecule has 4 heterocycles. The first-order valence-corrected chi connectivity index (χ1v) is 10.4. The molecule has 1 fully saturated rings. The van der Waals surface area contributed by atoms with E-state index >= 15 is 0 Å². The molecule has 5 rings (SSSR count). The predicted molar refractivity (Wildman–Crippen MR) is 120 cm³/mol. The zero-order valence-electron chi connectivity index (χ0n) is 17.1. The number of nitrogens with zero attached hydrogens (tertiary/aromatic N) is 7. The Morgan fingerprint density at radius 2 is 1.65 bits per heavy atom. The van der Waals surface area contributed by atoms with Crippen LogP contribution in [0.5, 0.6) is 0 Å². The van der Waals surface area contributed by atoms with Crippen LogP contribution in [0.3, 0.4) is 0 Å². The van der Waals surface area contributed by atoms with Crippen molar-refractivity contribution in [1.29, 1.82) is 0 Å². The van der Waals surface area contributed by atoms with Crippen molar-refractivity contribution >= 4 is 16.7 Å². The molecule has 0 saturated carbocycles. The molecule has 0 unspecified atom stereocenters. The van der Waals surface area contributed by atoms with Gasteiger partial charge in [-0.2, -0.15) is 5.10 Å². The van der Waals surface area contributed by atoms with Crippen LogP contribution in [-0.4, -0.2) is 62.4 Å². The van der Waals surface area contributed by atoms with Crippen molar-refractivity contribution in [3.8, 4) is 11.3 Å². The highest BCUT2D eigenvalue weighted by molar-refractivity contribution is 5.89. The van der Waals surface area contributed by atoms with E-state index in [0.29, 0.717) is 6.54 Å². The minimum absolute atomic E-state index is 0.0797. The molecule has 0 radical (unpaired) electrons. The van der Waals surface area contributed by atoms with E-state index in [1.807, 2.05) is 30.3 Å². The first-order valence-electron chi connectivity index (χ1n) is 10.4. The summed E-state index contributed by atoms with van der Waals surface area (Å²) in [6.07, 6.45) is 5.09. The van der Waals surface area contributed by atoms with Gasteiger partial charge in [-0.25, -0.2) is 14.6 Å². The number of hydrogen-bond acceptors (Lipinski definition) is 7. The number of aromatic nitrogens is 5. The highest BCUT2D eigenvalue weighted by Gasteiger charge is 2.20. The Bertz CT molecular complexity index is 1230. The standard InChI is InChI=1S/C23H23N7O/c31-22-6-5-20(18-7-9-24-10-8-18)27-30(22)16-13-28-11-14-29(15-12-28)23-19-3-1-2-4-21(19)25-17-26-23/h1-10,17H,11-16H2. The number of para-hydroxylation sites is 1. The summed E-state index contributed by atoms with van der Waals surface area (Å²) in [4.78, 5) is 29.9. The van der Waals surface area contributed by atoms with Gasteiger partial charge in [0.25, 0.3) is 5.56 Å². The molecule has 4 aromatic rings. The zero-order valence-corrected chi connectivity index (χ0v) is 17.1. The summed E-state index contributed by atoms with van der Waals surface area (Å²) >= 11 is 0. The summed E-state index contributed by atoms with van der Waals surface area (Å²) < 4.78 is 1.56. The smallest absolute Gasteiger partial charge is 0.266 e. The Morgan fingerprint density at radius 1 is 0.839 bits per heavy atom. The van der Waals surface area contributed by atoms with Crippen LogP contribution in [0, 0.1) is 0 Å². The van der Waals surface area contributed by atoms with Crippen molar-refractivity contribution in [2.24, 2.45) is 0 Å². The molecule has 1 aliphatic rings. The Morgan fingerprint density at radius 3 is 2.48 bits per heavy atom. The minimum Gasteiger partial charge on any atom is -0.353 e. The second-order valence-corrected chi connectivity index (χ2v) is 7.56. The van der Waals surface area contributed by atoms with E-state index in [1.165, 1.54) is 0 Å². The van der Waals surface area contributed by atoms with Gasteiger partial charge in [0.05, 0.1) is 17.8 Å². The monoisotopic (exact) mass is 413 g/mol. The first kappa shape index (κ1) is 19.3. The lowest BCUT2D eigenvalue weighted by Crippen LogP contribution is -2.48. The normalized spacial score (nSPS) is 14.8. The lowest BCUT2D eigenvalue weighted by atomic mass is 10.2. The van der Waals surface area contributed by atoms with E-state index in [4.69, 9.17) is 0 Å². The second-order valence-electron chi connectivity index (χ2n) is 7.56. The third kappa shape index (κ3) is 4.15. The predicted octanol–water partition coefficient (Wildman–Crippen LogP) is 2.07. The Kier molecular flexibility index (Phi) is 5.37. The molecule has 0 atom stereocenters. The summed E-state index contributed by atoms with van der Waals surface area (Å²) in [6.45, 7) is 4.95. The number of piperazine rings is 1. The van der Waals surface area contributed by atoms with Gasteiger partial charge >= 0.3 is 0 Å². The molecule has 0 aliphatic carbocycles. The first-order chi connectivity index (χ1) is 15.3. The van der Waals surface area contributed by atoms with Crippen LogP contribution in [-0.2, 0) is 6.54 Å². The molecule has 31 heavy (non-hydrogen) atoms. The average Bonchev–Trinajstić information content (AvgIpc) is 2.84. The van der Waals surface area contributed by atoms with E-state index < -0.39 is 0 Å². The minimum atomic E-state index is -0.0797. The molecule has 156 valence electrons. The van der Waals surface area contributed by atoms with Gasteiger partial charge in [-0.1, -0.05) is 12.1 Å². The summed E-state index contributed by atoms with van der Waals surface area (Å²) in [5.74, 6) is 0.994. The highest BCUT2D eigenvalue weighted by atomic mass is 16.1. The van der Waals surface area contributed by atoms with Crippen molar-refractivity contribution in [3.63, 3.8) is 0 Å². The summed E-state index contributed by atoms with van der Waals surface area (Å²) in [5.41, 5.74) is 2.62. The molecular formula is C23H23N7O. The van der Waals surface area contributed by atoms with Crippen LogP contribution in [0.2, 0.25) is 0 Å². The van der Waals surface area contributed by atoms with Gasteiger partial charge in [-0.3, -0.25) is 14.7 Å². The van der Waals surface area contributed by atoms with Crippen LogP contribution in [0.1, 0.15) is 0 Å². The number of fused-ring (bicyclic) bond motifs is 1. The van der Waals surface area contributed by atoms with Crippen molar-refractivity contribution < 1.29 is 0 Å². The van der Waals surface area contributed by atoms with Gasteiger partial charge in [0.2, 0.25) is 0 Å². The Labute approximate surface area is 179 Å². The summed E-state index contributed by atoms with van der Waals surface area (Å²) in [6, 6.07) is 15.2. The maximum Gasteiger partial charge on any atom is 0.266 e. The fourth-order valence-corrected chi connectivity index (χ4v) is 3.95. The van der Waals surface area contributed by atoms with E-state index in [1.54, 1.807) is 35.5 Å². The Balaban J connectivity index is 1.23. The maximum atomic E-state index is 12.3. The molecule has 0 amide bonds. The van der Waals surface area contributed by atoms with Crippen LogP contribution in [0.4, 0.5) is 5.82 Å². The molecular weight excluding hydrogens is 390 g/mol. The second kappa shape index (κ2) is 8.61. The molecule has 0 bridgehead atoms. The van der Waals surface area contributed by atoms with Gasteiger partial charge < -0.3 is 4.90 Å². The van der Waals surface area contributed by atoms with E-state index in [9.17, 15) is 4.79 Å². The van der Waals surface area contributed by atoms with Gasteiger partial charge in [-0.05, 0) is 30.3 Å². The maximum absolute atomic E-state index is 12.3. The molecule has 8 nitrogen and oxygen atoms in total. The van der Waals surface area contributed by atoms with E-state index in [2.05, 4.69) is 35.9 Å². The molecule has 3 aromatic heterocycles. The van der Waals surface area contributed by atoms with Gasteiger partial charge in [0, 0.05) is 62.1 Å².